The molecule has 2 aromatic rings. The zero-order chi connectivity index (χ0) is 28.1. The van der Waals surface area contributed by atoms with Gasteiger partial charge in [-0.3, -0.25) is 9.80 Å². The van der Waals surface area contributed by atoms with E-state index < -0.39 is 23.7 Å². The largest absolute Gasteiger partial charge is 0.472 e. The van der Waals surface area contributed by atoms with E-state index in [0.717, 1.165) is 25.8 Å². The minimum absolute atomic E-state index is 0.00614. The van der Waals surface area contributed by atoms with Crippen LogP contribution >= 0.6 is 11.6 Å². The maximum absolute atomic E-state index is 15.4. The molecule has 6 atom stereocenters. The van der Waals surface area contributed by atoms with Crippen molar-refractivity contribution in [2.75, 3.05) is 31.1 Å². The molecule has 7 rings (SSSR count). The van der Waals surface area contributed by atoms with Gasteiger partial charge < -0.3 is 19.1 Å². The molecule has 2 bridgehead atoms. The van der Waals surface area contributed by atoms with Crippen molar-refractivity contribution in [3.63, 3.8) is 0 Å². The number of pyridine rings is 1. The van der Waals surface area contributed by atoms with Crippen LogP contribution in [0.2, 0.25) is 5.15 Å². The number of carbonyl (C=O) groups excluding carboxylic acids is 1. The second-order valence-corrected chi connectivity index (χ2v) is 13.1. The van der Waals surface area contributed by atoms with Crippen LogP contribution in [0.4, 0.5) is 19.4 Å². The molecule has 10 nitrogen and oxygen atoms in total. The first kappa shape index (κ1) is 26.2. The SMILES string of the molecule is C[C@@H]1Oc2nc(Cl)c(F)c3nc(OC[C@@]45CCN4C[C@H](F)C5)nc(c23)N2C[C@H]3CC[C@@H]([C@@H]12)N3C(=O)OC(C)(C)C. The Labute approximate surface area is 235 Å². The third kappa shape index (κ3) is 3.96. The lowest BCUT2D eigenvalue weighted by atomic mass is 9.86. The van der Waals surface area contributed by atoms with Crippen molar-refractivity contribution >= 4 is 34.4 Å². The van der Waals surface area contributed by atoms with Gasteiger partial charge in [0.15, 0.2) is 11.0 Å². The number of alkyl halides is 1. The molecule has 7 heterocycles. The summed E-state index contributed by atoms with van der Waals surface area (Å²) in [5, 5.41) is -0.0382. The van der Waals surface area contributed by atoms with Gasteiger partial charge in [0, 0.05) is 26.1 Å². The maximum atomic E-state index is 15.4. The number of ether oxygens (including phenoxy) is 3. The molecule has 2 aromatic heterocycles. The number of rotatable bonds is 3. The van der Waals surface area contributed by atoms with Crippen LogP contribution < -0.4 is 14.4 Å². The lowest BCUT2D eigenvalue weighted by molar-refractivity contribution is -0.0132. The average Bonchev–Trinajstić information content (AvgIpc) is 3.25. The van der Waals surface area contributed by atoms with Crippen molar-refractivity contribution in [2.24, 2.45) is 0 Å². The van der Waals surface area contributed by atoms with Crippen LogP contribution in [-0.4, -0.2) is 98.6 Å². The van der Waals surface area contributed by atoms with Gasteiger partial charge in [-0.2, -0.15) is 15.0 Å². The van der Waals surface area contributed by atoms with Gasteiger partial charge in [-0.15, -0.1) is 0 Å². The molecule has 216 valence electrons. The van der Waals surface area contributed by atoms with Gasteiger partial charge in [-0.25, -0.2) is 13.6 Å². The van der Waals surface area contributed by atoms with E-state index in [-0.39, 0.29) is 58.9 Å². The van der Waals surface area contributed by atoms with E-state index in [1.54, 1.807) is 0 Å². The third-order valence-corrected chi connectivity index (χ3v) is 9.29. The van der Waals surface area contributed by atoms with Crippen molar-refractivity contribution in [1.82, 2.24) is 24.8 Å². The summed E-state index contributed by atoms with van der Waals surface area (Å²) >= 11 is 6.19. The number of hydrogen-bond donors (Lipinski definition) is 0. The second kappa shape index (κ2) is 8.88. The lowest BCUT2D eigenvalue weighted by Crippen LogP contribution is -2.65. The molecule has 13 heteroatoms. The number of nitrogens with zero attached hydrogens (tertiary/aromatic N) is 6. The molecule has 40 heavy (non-hydrogen) atoms. The molecule has 0 unspecified atom stereocenters. The highest BCUT2D eigenvalue weighted by Gasteiger charge is 2.55. The Kier molecular flexibility index (Phi) is 5.82. The summed E-state index contributed by atoms with van der Waals surface area (Å²) in [6.07, 6.45) is 1.09. The summed E-state index contributed by atoms with van der Waals surface area (Å²) < 4.78 is 47.8. The number of aromatic nitrogens is 3. The molecule has 0 aliphatic carbocycles. The lowest BCUT2D eigenvalue weighted by Gasteiger charge is -2.48. The van der Waals surface area contributed by atoms with Crippen LogP contribution in [0.15, 0.2) is 0 Å². The molecule has 0 spiro atoms. The average molecular weight is 579 g/mol. The van der Waals surface area contributed by atoms with Crippen LogP contribution in [0.3, 0.4) is 0 Å². The first-order valence-electron chi connectivity index (χ1n) is 14.0. The van der Waals surface area contributed by atoms with Gasteiger partial charge in [0.2, 0.25) is 5.88 Å². The molecule has 4 saturated heterocycles. The fourth-order valence-corrected chi connectivity index (χ4v) is 7.46. The Hall–Kier alpha value is -2.73. The number of piperazine rings is 1. The molecule has 0 aromatic carbocycles. The Morgan fingerprint density at radius 3 is 2.73 bits per heavy atom. The van der Waals surface area contributed by atoms with Crippen LogP contribution in [0.1, 0.15) is 53.4 Å². The number of amides is 1. The Bertz CT molecular complexity index is 1390. The van der Waals surface area contributed by atoms with Crippen LogP contribution in [-0.2, 0) is 4.74 Å². The summed E-state index contributed by atoms with van der Waals surface area (Å²) in [4.78, 5) is 32.7. The first-order chi connectivity index (χ1) is 18.9. The Balaban J connectivity index is 1.28. The molecule has 4 fully saturated rings. The number of fused-ring (bicyclic) bond motifs is 6. The van der Waals surface area contributed by atoms with E-state index in [0.29, 0.717) is 30.7 Å². The van der Waals surface area contributed by atoms with Gasteiger partial charge in [-0.05, 0) is 47.0 Å². The van der Waals surface area contributed by atoms with Crippen molar-refractivity contribution in [3.05, 3.63) is 11.0 Å². The number of hydrogen-bond acceptors (Lipinski definition) is 9. The van der Waals surface area contributed by atoms with Crippen molar-refractivity contribution < 1.29 is 27.8 Å². The van der Waals surface area contributed by atoms with Gasteiger partial charge in [-0.1, -0.05) is 11.6 Å². The van der Waals surface area contributed by atoms with Gasteiger partial charge in [0.1, 0.15) is 41.2 Å². The minimum atomic E-state index is -0.894. The number of anilines is 1. The highest BCUT2D eigenvalue weighted by atomic mass is 35.5. The van der Waals surface area contributed by atoms with Crippen molar-refractivity contribution in [3.8, 4) is 11.9 Å². The van der Waals surface area contributed by atoms with Gasteiger partial charge >= 0.3 is 12.1 Å². The van der Waals surface area contributed by atoms with E-state index in [4.69, 9.17) is 30.8 Å². The van der Waals surface area contributed by atoms with Crippen molar-refractivity contribution in [1.29, 1.82) is 0 Å². The second-order valence-electron chi connectivity index (χ2n) is 12.7. The highest BCUT2D eigenvalue weighted by molar-refractivity contribution is 6.30. The van der Waals surface area contributed by atoms with Crippen LogP contribution in [0.5, 0.6) is 11.9 Å². The van der Waals surface area contributed by atoms with Crippen molar-refractivity contribution in [2.45, 2.75) is 94.9 Å². The van der Waals surface area contributed by atoms with Crippen LogP contribution in [0, 0.1) is 5.82 Å². The highest BCUT2D eigenvalue weighted by Crippen LogP contribution is 2.47. The number of carbonyl (C=O) groups is 1. The van der Waals surface area contributed by atoms with E-state index in [9.17, 15) is 9.18 Å². The predicted molar refractivity (Wildman–Crippen MR) is 142 cm³/mol. The number of halogens is 3. The Morgan fingerprint density at radius 2 is 2.02 bits per heavy atom. The van der Waals surface area contributed by atoms with Crippen LogP contribution in [0.25, 0.3) is 10.9 Å². The van der Waals surface area contributed by atoms with Gasteiger partial charge in [0.25, 0.3) is 0 Å². The maximum Gasteiger partial charge on any atom is 0.410 e. The first-order valence-corrected chi connectivity index (χ1v) is 14.4. The minimum Gasteiger partial charge on any atom is -0.472 e. The molecule has 0 radical (unpaired) electrons. The molecule has 5 aliphatic heterocycles. The molecular formula is C27H33ClF2N6O4. The van der Waals surface area contributed by atoms with E-state index in [1.165, 1.54) is 0 Å². The van der Waals surface area contributed by atoms with E-state index in [2.05, 4.69) is 19.8 Å². The third-order valence-electron chi connectivity index (χ3n) is 9.04. The zero-order valence-corrected chi connectivity index (χ0v) is 23.7. The molecule has 0 saturated carbocycles. The topological polar surface area (TPSA) is 93.2 Å². The predicted octanol–water partition coefficient (Wildman–Crippen LogP) is 4.12. The fraction of sp³-hybridized carbons (Fsp3) is 0.704. The smallest absolute Gasteiger partial charge is 0.410 e. The summed E-state index contributed by atoms with van der Waals surface area (Å²) in [5.41, 5.74) is -1.05. The Morgan fingerprint density at radius 1 is 1.23 bits per heavy atom. The van der Waals surface area contributed by atoms with E-state index >= 15 is 4.39 Å². The zero-order valence-electron chi connectivity index (χ0n) is 23.0. The molecule has 0 N–H and O–H groups in total. The fourth-order valence-electron chi connectivity index (χ4n) is 7.30. The molecule has 5 aliphatic rings. The summed E-state index contributed by atoms with van der Waals surface area (Å²) in [6, 6.07) is -0.647. The normalized spacial score (nSPS) is 32.7. The molecule has 1 amide bonds. The summed E-state index contributed by atoms with van der Waals surface area (Å²) in [5.74, 6) is -0.206. The quantitative estimate of drug-likeness (QED) is 0.499. The summed E-state index contributed by atoms with van der Waals surface area (Å²) in [7, 11) is 0. The standard InChI is InChI=1S/C27H33ClF2N6O4/c1-13-20-16-6-5-15(36(16)25(37)40-26(2,3)4)11-35(20)22-17-19(18(30)21(28)32-23(17)39-13)31-24(33-22)38-12-27-7-8-34(27)10-14(29)9-27/h13-16,20H,5-12H2,1-4H3/t13-,14+,15+,16-,20+,27-/m0/s1. The summed E-state index contributed by atoms with van der Waals surface area (Å²) in [6.45, 7) is 9.33. The van der Waals surface area contributed by atoms with E-state index in [1.807, 2.05) is 32.6 Å². The molecular weight excluding hydrogens is 546 g/mol. The monoisotopic (exact) mass is 578 g/mol. The van der Waals surface area contributed by atoms with Gasteiger partial charge in [0.05, 0.1) is 23.7 Å².